The van der Waals surface area contributed by atoms with Crippen LogP contribution in [0.2, 0.25) is 0 Å². The fourth-order valence-electron chi connectivity index (χ4n) is 3.62. The van der Waals surface area contributed by atoms with Gasteiger partial charge in [-0.05, 0) is 35.0 Å². The van der Waals surface area contributed by atoms with Crippen LogP contribution in [0.1, 0.15) is 5.56 Å². The number of hydrazone groups is 1. The Labute approximate surface area is 180 Å². The molecule has 1 N–H and O–H groups in total. The number of nitrogens with zero attached hydrogens (tertiary/aromatic N) is 5. The highest BCUT2D eigenvalue weighted by atomic mass is 79.9. The summed E-state index contributed by atoms with van der Waals surface area (Å²) in [6, 6.07) is 18.1. The van der Waals surface area contributed by atoms with Gasteiger partial charge < -0.3 is 9.30 Å². The lowest BCUT2D eigenvalue weighted by molar-refractivity contribution is 0.415. The van der Waals surface area contributed by atoms with Crippen molar-refractivity contribution in [3.05, 3.63) is 64.6 Å². The Balaban J connectivity index is 1.51. The summed E-state index contributed by atoms with van der Waals surface area (Å²) in [4.78, 5) is 4.60. The minimum atomic E-state index is 0.322. The molecule has 0 aliphatic heterocycles. The zero-order valence-electron chi connectivity index (χ0n) is 16.3. The number of aryl methyl sites for hydroxylation is 1. The third-order valence-electron chi connectivity index (χ3n) is 5.07. The molecule has 0 saturated heterocycles. The van der Waals surface area contributed by atoms with Crippen molar-refractivity contribution in [2.75, 3.05) is 12.5 Å². The van der Waals surface area contributed by atoms with E-state index in [-0.39, 0.29) is 0 Å². The van der Waals surface area contributed by atoms with Crippen LogP contribution in [0.15, 0.2) is 64.2 Å². The van der Waals surface area contributed by atoms with E-state index in [4.69, 9.17) is 4.74 Å². The summed E-state index contributed by atoms with van der Waals surface area (Å²) < 4.78 is 8.48. The summed E-state index contributed by atoms with van der Waals surface area (Å²) in [7, 11) is 3.61. The molecule has 0 saturated carbocycles. The van der Waals surface area contributed by atoms with Crippen LogP contribution in [-0.4, -0.2) is 33.1 Å². The van der Waals surface area contributed by atoms with Crippen molar-refractivity contribution < 1.29 is 4.74 Å². The average Bonchev–Trinajstić information content (AvgIpc) is 3.04. The van der Waals surface area contributed by atoms with Gasteiger partial charge in [-0.1, -0.05) is 46.3 Å². The summed E-state index contributed by atoms with van der Waals surface area (Å²) in [5.74, 6) is 1.07. The Bertz CT molecular complexity index is 1440. The van der Waals surface area contributed by atoms with Crippen LogP contribution in [0.5, 0.6) is 5.75 Å². The van der Waals surface area contributed by atoms with Crippen molar-refractivity contribution in [3.8, 4) is 5.75 Å². The molecule has 0 aliphatic rings. The Hall–Kier alpha value is -3.52. The van der Waals surface area contributed by atoms with Crippen LogP contribution in [0, 0.1) is 0 Å². The molecule has 30 heavy (non-hydrogen) atoms. The maximum Gasteiger partial charge on any atom is 0.265 e. The van der Waals surface area contributed by atoms with Crippen molar-refractivity contribution in [3.63, 3.8) is 0 Å². The predicted octanol–water partition coefficient (Wildman–Crippen LogP) is 4.89. The van der Waals surface area contributed by atoms with E-state index in [1.807, 2.05) is 60.1 Å². The van der Waals surface area contributed by atoms with Gasteiger partial charge in [0.25, 0.3) is 5.95 Å². The molecule has 2 aromatic heterocycles. The van der Waals surface area contributed by atoms with Crippen molar-refractivity contribution in [1.82, 2.24) is 19.7 Å². The lowest BCUT2D eigenvalue weighted by Crippen LogP contribution is -2.01. The third kappa shape index (κ3) is 3.05. The number of anilines is 1. The number of hydrogen-bond acceptors (Lipinski definition) is 6. The first-order chi connectivity index (χ1) is 14.7. The molecule has 8 heteroatoms. The predicted molar refractivity (Wildman–Crippen MR) is 123 cm³/mol. The fourth-order valence-corrected chi connectivity index (χ4v) is 3.98. The van der Waals surface area contributed by atoms with Gasteiger partial charge in [0.15, 0.2) is 5.65 Å². The standard InChI is InChI=1S/C22H17BrN6O/c1-29-18-9-8-14(23)11-16(18)20-21(29)25-22(28-26-20)27-24-12-17-15-6-4-3-5-13(15)7-10-19(17)30-2/h3-12H,1-2H3,(H,25,27,28)/b24-12+. The quantitative estimate of drug-likeness (QED) is 0.305. The number of benzene rings is 3. The second kappa shape index (κ2) is 7.38. The highest BCUT2D eigenvalue weighted by Gasteiger charge is 2.13. The molecule has 0 atom stereocenters. The van der Waals surface area contributed by atoms with Crippen LogP contribution < -0.4 is 10.2 Å². The normalized spacial score (nSPS) is 11.7. The first-order valence-corrected chi connectivity index (χ1v) is 10.1. The molecule has 5 aromatic rings. The summed E-state index contributed by atoms with van der Waals surface area (Å²) >= 11 is 3.51. The molecule has 0 fully saturated rings. The minimum Gasteiger partial charge on any atom is -0.496 e. The second-order valence-corrected chi connectivity index (χ2v) is 7.72. The molecular weight excluding hydrogens is 444 g/mol. The van der Waals surface area contributed by atoms with Crippen molar-refractivity contribution in [2.24, 2.45) is 12.1 Å². The van der Waals surface area contributed by atoms with Gasteiger partial charge in [0.1, 0.15) is 11.3 Å². The molecule has 2 heterocycles. The number of ether oxygens (including phenoxy) is 1. The highest BCUT2D eigenvalue weighted by molar-refractivity contribution is 9.10. The van der Waals surface area contributed by atoms with E-state index in [0.717, 1.165) is 48.6 Å². The number of halogens is 1. The van der Waals surface area contributed by atoms with Crippen LogP contribution in [0.25, 0.3) is 32.8 Å². The van der Waals surface area contributed by atoms with Crippen LogP contribution >= 0.6 is 15.9 Å². The molecule has 0 radical (unpaired) electrons. The van der Waals surface area contributed by atoms with Crippen LogP contribution in [0.3, 0.4) is 0 Å². The first kappa shape index (κ1) is 18.5. The van der Waals surface area contributed by atoms with E-state index < -0.39 is 0 Å². The van der Waals surface area contributed by atoms with E-state index in [0.29, 0.717) is 5.95 Å². The summed E-state index contributed by atoms with van der Waals surface area (Å²) in [5.41, 5.74) is 6.29. The van der Waals surface area contributed by atoms with Gasteiger partial charge in [-0.3, -0.25) is 0 Å². The Morgan fingerprint density at radius 3 is 2.80 bits per heavy atom. The Morgan fingerprint density at radius 2 is 1.93 bits per heavy atom. The number of rotatable bonds is 4. The molecule has 0 aliphatic carbocycles. The molecule has 148 valence electrons. The van der Waals surface area contributed by atoms with Crippen molar-refractivity contribution >= 4 is 60.9 Å². The largest absolute Gasteiger partial charge is 0.496 e. The maximum atomic E-state index is 5.50. The molecule has 0 spiro atoms. The van der Waals surface area contributed by atoms with Gasteiger partial charge in [-0.25, -0.2) is 5.43 Å². The SMILES string of the molecule is COc1ccc2ccccc2c1/C=N/Nc1nnc2c3cc(Br)ccc3n(C)c2n1. The van der Waals surface area contributed by atoms with Crippen molar-refractivity contribution in [2.45, 2.75) is 0 Å². The molecule has 7 nitrogen and oxygen atoms in total. The topological polar surface area (TPSA) is 77.2 Å². The molecule has 0 bridgehead atoms. The lowest BCUT2D eigenvalue weighted by atomic mass is 10.0. The van der Waals surface area contributed by atoms with Crippen molar-refractivity contribution in [1.29, 1.82) is 0 Å². The summed E-state index contributed by atoms with van der Waals surface area (Å²) in [6.07, 6.45) is 1.72. The Kier molecular flexibility index (Phi) is 4.55. The van der Waals surface area contributed by atoms with E-state index in [9.17, 15) is 0 Å². The number of nitrogens with one attached hydrogen (secondary N) is 1. The van der Waals surface area contributed by atoms with Gasteiger partial charge in [0, 0.05) is 22.5 Å². The fraction of sp³-hybridized carbons (Fsp3) is 0.0909. The zero-order chi connectivity index (χ0) is 20.7. The van der Waals surface area contributed by atoms with Gasteiger partial charge >= 0.3 is 0 Å². The number of methoxy groups -OCH3 is 1. The van der Waals surface area contributed by atoms with E-state index >= 15 is 0 Å². The van der Waals surface area contributed by atoms with Crippen LogP contribution in [-0.2, 0) is 7.05 Å². The molecule has 5 rings (SSSR count). The minimum absolute atomic E-state index is 0.322. The average molecular weight is 461 g/mol. The van der Waals surface area contributed by atoms with E-state index in [2.05, 4.69) is 47.7 Å². The Morgan fingerprint density at radius 1 is 1.07 bits per heavy atom. The zero-order valence-corrected chi connectivity index (χ0v) is 17.9. The maximum absolute atomic E-state index is 5.50. The molecule has 0 amide bonds. The van der Waals surface area contributed by atoms with E-state index in [1.165, 1.54) is 0 Å². The third-order valence-corrected chi connectivity index (χ3v) is 5.56. The first-order valence-electron chi connectivity index (χ1n) is 9.29. The molecular formula is C22H17BrN6O. The van der Waals surface area contributed by atoms with Gasteiger partial charge in [0.2, 0.25) is 0 Å². The monoisotopic (exact) mass is 460 g/mol. The lowest BCUT2D eigenvalue weighted by Gasteiger charge is -2.08. The van der Waals surface area contributed by atoms with Gasteiger partial charge in [-0.15, -0.1) is 10.2 Å². The van der Waals surface area contributed by atoms with Crippen LogP contribution in [0.4, 0.5) is 5.95 Å². The highest BCUT2D eigenvalue weighted by Crippen LogP contribution is 2.28. The summed E-state index contributed by atoms with van der Waals surface area (Å²) in [6.45, 7) is 0. The number of hydrogen-bond donors (Lipinski definition) is 1. The van der Waals surface area contributed by atoms with Gasteiger partial charge in [-0.2, -0.15) is 10.1 Å². The second-order valence-electron chi connectivity index (χ2n) is 6.80. The smallest absolute Gasteiger partial charge is 0.265 e. The number of fused-ring (bicyclic) bond motifs is 4. The molecule has 0 unspecified atom stereocenters. The van der Waals surface area contributed by atoms with Gasteiger partial charge in [0.05, 0.1) is 18.8 Å². The number of aromatic nitrogens is 4. The molecule has 3 aromatic carbocycles. The summed E-state index contributed by atoms with van der Waals surface area (Å²) in [5, 5.41) is 16.1. The van der Waals surface area contributed by atoms with E-state index in [1.54, 1.807) is 13.3 Å².